The van der Waals surface area contributed by atoms with Gasteiger partial charge in [0.25, 0.3) is 5.91 Å². The first-order valence-corrected chi connectivity index (χ1v) is 11.9. The van der Waals surface area contributed by atoms with Crippen molar-refractivity contribution in [3.05, 3.63) is 90.5 Å². The molecule has 33 heavy (non-hydrogen) atoms. The third kappa shape index (κ3) is 6.59. The molecule has 0 heterocycles. The van der Waals surface area contributed by atoms with Crippen LogP contribution in [0.1, 0.15) is 22.3 Å². The normalized spacial score (nSPS) is 11.0. The number of carbonyl (C=O) groups excluding carboxylic acids is 1. The lowest BCUT2D eigenvalue weighted by molar-refractivity contribution is -0.112. The number of anilines is 1. The first kappa shape index (κ1) is 24.8. The monoisotopic (exact) mass is 616 g/mol. The molecule has 0 spiro atoms. The summed E-state index contributed by atoms with van der Waals surface area (Å²) in [5.41, 5.74) is 4.46. The largest absolute Gasteiger partial charge is 0.493 e. The van der Waals surface area contributed by atoms with Crippen LogP contribution in [0.25, 0.3) is 6.08 Å². The van der Waals surface area contributed by atoms with Crippen LogP contribution < -0.4 is 14.8 Å². The molecule has 0 saturated carbocycles. The molecule has 168 valence electrons. The molecule has 0 fully saturated rings. The molecule has 0 radical (unpaired) electrons. The zero-order chi connectivity index (χ0) is 24.0. The fourth-order valence-electron chi connectivity index (χ4n) is 3.00. The van der Waals surface area contributed by atoms with Crippen LogP contribution in [0, 0.1) is 28.7 Å². The number of ether oxygens (including phenoxy) is 2. The van der Waals surface area contributed by atoms with Crippen LogP contribution in [0.2, 0.25) is 0 Å². The van der Waals surface area contributed by atoms with Gasteiger partial charge in [0, 0.05) is 13.7 Å². The molecule has 0 aliphatic carbocycles. The molecule has 1 amide bonds. The summed E-state index contributed by atoms with van der Waals surface area (Å²) in [6.45, 7) is 4.36. The average molecular weight is 617 g/mol. The van der Waals surface area contributed by atoms with Crippen LogP contribution in [0.4, 0.5) is 5.69 Å². The number of hydrogen-bond acceptors (Lipinski definition) is 4. The van der Waals surface area contributed by atoms with Crippen molar-refractivity contribution in [3.63, 3.8) is 0 Å². The van der Waals surface area contributed by atoms with Gasteiger partial charge in [0.1, 0.15) is 18.2 Å². The van der Waals surface area contributed by atoms with Crippen molar-refractivity contribution < 1.29 is 14.3 Å². The maximum absolute atomic E-state index is 12.7. The van der Waals surface area contributed by atoms with Crippen molar-refractivity contribution >= 4 is 56.2 Å². The van der Waals surface area contributed by atoms with Crippen molar-refractivity contribution in [3.8, 4) is 17.6 Å². The number of halogens is 2. The number of carbonyl (C=O) groups is 1. The van der Waals surface area contributed by atoms with Crippen LogP contribution in [-0.4, -0.2) is 13.0 Å². The summed E-state index contributed by atoms with van der Waals surface area (Å²) in [7, 11) is 1.55. The predicted molar refractivity (Wildman–Crippen MR) is 142 cm³/mol. The van der Waals surface area contributed by atoms with E-state index >= 15 is 0 Å². The van der Waals surface area contributed by atoms with E-state index in [1.54, 1.807) is 19.2 Å². The number of aryl methyl sites for hydroxylation is 2. The summed E-state index contributed by atoms with van der Waals surface area (Å²) in [5, 5.41) is 12.4. The Morgan fingerprint density at radius 2 is 1.82 bits per heavy atom. The predicted octanol–water partition coefficient (Wildman–Crippen LogP) is 6.80. The molecule has 1 N–H and O–H groups in total. The van der Waals surface area contributed by atoms with Gasteiger partial charge in [-0.3, -0.25) is 4.79 Å². The summed E-state index contributed by atoms with van der Waals surface area (Å²) >= 11 is 5.77. The lowest BCUT2D eigenvalue weighted by Gasteiger charge is -2.13. The standard InChI is InChI=1S/C26H22BrIN2O3/c1-16-4-9-22(10-17(16)2)30-26(31)20(14-29)11-19-12-24(32-3)25(13-23(19)27)33-15-18-5-7-21(28)8-6-18/h4-13H,15H2,1-3H3,(H,30,31)/b20-11+. The van der Waals surface area contributed by atoms with Crippen LogP contribution in [0.3, 0.4) is 0 Å². The Hall–Kier alpha value is -2.83. The highest BCUT2D eigenvalue weighted by atomic mass is 127. The molecule has 7 heteroatoms. The molecular formula is C26H22BrIN2O3. The van der Waals surface area contributed by atoms with E-state index in [1.807, 2.05) is 62.4 Å². The van der Waals surface area contributed by atoms with E-state index in [0.717, 1.165) is 20.3 Å². The Bertz CT molecular complexity index is 1250. The van der Waals surface area contributed by atoms with Gasteiger partial charge in [0.05, 0.1) is 7.11 Å². The number of nitriles is 1. The van der Waals surface area contributed by atoms with Crippen LogP contribution in [-0.2, 0) is 11.4 Å². The third-order valence-electron chi connectivity index (χ3n) is 5.02. The molecule has 0 bridgehead atoms. The molecule has 0 aromatic heterocycles. The molecule has 0 atom stereocenters. The second-order valence-electron chi connectivity index (χ2n) is 7.36. The molecule has 0 aliphatic heterocycles. The van der Waals surface area contributed by atoms with E-state index in [-0.39, 0.29) is 5.57 Å². The molecule has 3 rings (SSSR count). The summed E-state index contributed by atoms with van der Waals surface area (Å²) < 4.78 is 13.3. The van der Waals surface area contributed by atoms with Crippen molar-refractivity contribution in [2.45, 2.75) is 20.5 Å². The van der Waals surface area contributed by atoms with Gasteiger partial charge in [-0.15, -0.1) is 0 Å². The third-order valence-corrected chi connectivity index (χ3v) is 6.43. The molecule has 3 aromatic carbocycles. The molecule has 3 aromatic rings. The van der Waals surface area contributed by atoms with E-state index < -0.39 is 5.91 Å². The quantitative estimate of drug-likeness (QED) is 0.180. The van der Waals surface area contributed by atoms with Crippen LogP contribution in [0.5, 0.6) is 11.5 Å². The smallest absolute Gasteiger partial charge is 0.266 e. The first-order chi connectivity index (χ1) is 15.8. The van der Waals surface area contributed by atoms with Crippen molar-refractivity contribution in [2.75, 3.05) is 12.4 Å². The number of benzene rings is 3. The molecule has 5 nitrogen and oxygen atoms in total. The highest BCUT2D eigenvalue weighted by Crippen LogP contribution is 2.35. The summed E-state index contributed by atoms with van der Waals surface area (Å²) in [5.74, 6) is 0.575. The molecule has 0 unspecified atom stereocenters. The van der Waals surface area contributed by atoms with Gasteiger partial charge < -0.3 is 14.8 Å². The van der Waals surface area contributed by atoms with Gasteiger partial charge in [0.2, 0.25) is 0 Å². The van der Waals surface area contributed by atoms with Crippen molar-refractivity contribution in [2.24, 2.45) is 0 Å². The fourth-order valence-corrected chi connectivity index (χ4v) is 3.79. The minimum Gasteiger partial charge on any atom is -0.493 e. The Morgan fingerprint density at radius 3 is 2.45 bits per heavy atom. The van der Waals surface area contributed by atoms with Gasteiger partial charge >= 0.3 is 0 Å². The maximum Gasteiger partial charge on any atom is 0.266 e. The highest BCUT2D eigenvalue weighted by Gasteiger charge is 2.14. The Kier molecular flexibility index (Phi) is 8.53. The second-order valence-corrected chi connectivity index (χ2v) is 9.46. The number of rotatable bonds is 7. The number of nitrogens with one attached hydrogen (secondary N) is 1. The topological polar surface area (TPSA) is 71.3 Å². The lowest BCUT2D eigenvalue weighted by atomic mass is 10.1. The molecule has 0 aliphatic rings. The second kappa shape index (κ2) is 11.3. The van der Waals surface area contributed by atoms with Crippen molar-refractivity contribution in [1.29, 1.82) is 5.26 Å². The maximum atomic E-state index is 12.7. The minimum absolute atomic E-state index is 0.0245. The van der Waals surface area contributed by atoms with Gasteiger partial charge in [-0.25, -0.2) is 0 Å². The van der Waals surface area contributed by atoms with E-state index in [2.05, 4.69) is 43.8 Å². The van der Waals surface area contributed by atoms with Gasteiger partial charge in [-0.2, -0.15) is 5.26 Å². The van der Waals surface area contributed by atoms with Crippen molar-refractivity contribution in [1.82, 2.24) is 0 Å². The zero-order valence-corrected chi connectivity index (χ0v) is 22.2. The SMILES string of the molecule is COc1cc(/C=C(\C#N)C(=O)Nc2ccc(C)c(C)c2)c(Br)cc1OCc1ccc(I)cc1. The van der Waals surface area contributed by atoms with Crippen LogP contribution >= 0.6 is 38.5 Å². The van der Waals surface area contributed by atoms with Gasteiger partial charge in [-0.05, 0) is 101 Å². The number of hydrogen-bond donors (Lipinski definition) is 1. The number of amides is 1. The summed E-state index contributed by atoms with van der Waals surface area (Å²) in [6.07, 6.45) is 1.52. The lowest BCUT2D eigenvalue weighted by Crippen LogP contribution is -2.13. The zero-order valence-electron chi connectivity index (χ0n) is 18.4. The Morgan fingerprint density at radius 1 is 1.09 bits per heavy atom. The Labute approximate surface area is 215 Å². The molecular weight excluding hydrogens is 595 g/mol. The average Bonchev–Trinajstić information content (AvgIpc) is 2.80. The van der Waals surface area contributed by atoms with Gasteiger partial charge in [-0.1, -0.05) is 34.1 Å². The fraction of sp³-hybridized carbons (Fsp3) is 0.154. The number of nitrogens with zero attached hydrogens (tertiary/aromatic N) is 1. The van der Waals surface area contributed by atoms with Gasteiger partial charge in [0.15, 0.2) is 11.5 Å². The van der Waals surface area contributed by atoms with Crippen LogP contribution in [0.15, 0.2) is 64.6 Å². The minimum atomic E-state index is -0.481. The van der Waals surface area contributed by atoms with E-state index in [1.165, 1.54) is 6.08 Å². The van der Waals surface area contributed by atoms with E-state index in [4.69, 9.17) is 9.47 Å². The number of methoxy groups -OCH3 is 1. The summed E-state index contributed by atoms with van der Waals surface area (Å²) in [6, 6.07) is 19.2. The van der Waals surface area contributed by atoms with E-state index in [0.29, 0.717) is 33.8 Å². The molecule has 0 saturated heterocycles. The Balaban J connectivity index is 1.81. The first-order valence-electron chi connectivity index (χ1n) is 10.1. The summed E-state index contributed by atoms with van der Waals surface area (Å²) in [4.78, 5) is 12.7. The van der Waals surface area contributed by atoms with E-state index in [9.17, 15) is 10.1 Å². The highest BCUT2D eigenvalue weighted by molar-refractivity contribution is 14.1.